The van der Waals surface area contributed by atoms with E-state index in [9.17, 15) is 0 Å². The molecule has 5 nitrogen and oxygen atoms in total. The van der Waals surface area contributed by atoms with E-state index in [1.165, 1.54) is 50.2 Å². The second-order valence-corrected chi connectivity index (χ2v) is 8.04. The Kier molecular flexibility index (Phi) is 9.49. The lowest BCUT2D eigenvalue weighted by Crippen LogP contribution is -2.51. The minimum Gasteiger partial charge on any atom is -0.363 e. The van der Waals surface area contributed by atoms with Crippen LogP contribution in [0.15, 0.2) is 22.5 Å². The van der Waals surface area contributed by atoms with Crippen molar-refractivity contribution in [3.8, 4) is 0 Å². The highest BCUT2D eigenvalue weighted by atomic mass is 127. The zero-order chi connectivity index (χ0) is 17.5. The van der Waals surface area contributed by atoms with Gasteiger partial charge in [-0.2, -0.15) is 0 Å². The zero-order valence-corrected chi connectivity index (χ0v) is 19.3. The molecule has 0 aromatic carbocycles. The van der Waals surface area contributed by atoms with E-state index in [-0.39, 0.29) is 24.0 Å². The molecule has 2 aliphatic rings. The van der Waals surface area contributed by atoms with Gasteiger partial charge in [-0.05, 0) is 62.7 Å². The number of nitrogens with one attached hydrogen (secondary N) is 2. The number of nitrogens with zero attached hydrogens (tertiary/aromatic N) is 3. The summed E-state index contributed by atoms with van der Waals surface area (Å²) in [6.07, 6.45) is 6.24. The molecule has 0 aliphatic carbocycles. The first-order valence-electron chi connectivity index (χ1n) is 9.80. The van der Waals surface area contributed by atoms with Crippen molar-refractivity contribution < 1.29 is 0 Å². The molecule has 0 amide bonds. The van der Waals surface area contributed by atoms with Crippen molar-refractivity contribution >= 4 is 46.3 Å². The van der Waals surface area contributed by atoms with Crippen LogP contribution >= 0.6 is 35.3 Å². The van der Waals surface area contributed by atoms with Crippen LogP contribution in [0.3, 0.4) is 0 Å². The van der Waals surface area contributed by atoms with Gasteiger partial charge < -0.3 is 15.5 Å². The summed E-state index contributed by atoms with van der Waals surface area (Å²) in [6, 6.07) is 5.51. The molecule has 2 N–H and O–H groups in total. The highest BCUT2D eigenvalue weighted by Crippen LogP contribution is 2.24. The summed E-state index contributed by atoms with van der Waals surface area (Å²) >= 11 is 1.84. The largest absolute Gasteiger partial charge is 0.363 e. The summed E-state index contributed by atoms with van der Waals surface area (Å²) in [5, 5.41) is 10.8. The number of hydrogen-bond acceptors (Lipinski definition) is 4. The summed E-state index contributed by atoms with van der Waals surface area (Å²) < 4.78 is 0. The molecule has 1 atom stereocenters. The van der Waals surface area contributed by atoms with Gasteiger partial charge in [0, 0.05) is 38.8 Å². The Hall–Kier alpha value is -0.540. The zero-order valence-electron chi connectivity index (χ0n) is 16.1. The number of aliphatic imine (C=N–C) groups is 1. The Labute approximate surface area is 179 Å². The van der Waals surface area contributed by atoms with Crippen LogP contribution in [0.2, 0.25) is 0 Å². The number of piperidine rings is 1. The second kappa shape index (κ2) is 11.3. The molecule has 2 fully saturated rings. The molecule has 3 heterocycles. The van der Waals surface area contributed by atoms with Gasteiger partial charge in [0.2, 0.25) is 0 Å². The number of guanidine groups is 1. The van der Waals surface area contributed by atoms with E-state index >= 15 is 0 Å². The van der Waals surface area contributed by atoms with Crippen LogP contribution in [0, 0.1) is 0 Å². The van der Waals surface area contributed by atoms with Crippen LogP contribution in [0.4, 0.5) is 5.00 Å². The van der Waals surface area contributed by atoms with E-state index < -0.39 is 0 Å². The van der Waals surface area contributed by atoms with Crippen LogP contribution in [-0.2, 0) is 0 Å². The number of anilines is 1. The van der Waals surface area contributed by atoms with Gasteiger partial charge in [0.15, 0.2) is 5.96 Å². The highest BCUT2D eigenvalue weighted by molar-refractivity contribution is 14.0. The normalized spacial score (nSPS) is 20.7. The Bertz CT molecular complexity index is 522. The quantitative estimate of drug-likeness (QED) is 0.364. The third kappa shape index (κ3) is 5.99. The predicted octanol–water partition coefficient (Wildman–Crippen LogP) is 3.37. The van der Waals surface area contributed by atoms with Crippen molar-refractivity contribution in [1.82, 2.24) is 15.5 Å². The van der Waals surface area contributed by atoms with Crippen molar-refractivity contribution in [3.05, 3.63) is 17.5 Å². The van der Waals surface area contributed by atoms with Crippen molar-refractivity contribution in [2.45, 2.75) is 51.1 Å². The van der Waals surface area contributed by atoms with E-state index in [4.69, 9.17) is 0 Å². The number of likely N-dealkylation sites (tertiary alicyclic amines) is 1. The van der Waals surface area contributed by atoms with Gasteiger partial charge in [-0.25, -0.2) is 0 Å². The van der Waals surface area contributed by atoms with E-state index in [0.717, 1.165) is 25.6 Å². The monoisotopic (exact) mass is 491 g/mol. The lowest BCUT2D eigenvalue weighted by Gasteiger charge is -2.34. The molecule has 1 unspecified atom stereocenters. The first-order valence-corrected chi connectivity index (χ1v) is 10.7. The standard InChI is InChI=1S/C19H33N5S.HI/c1-3-17(23-10-4-5-11-23)15-21-19(20-2)22-16-8-12-24(13-9-16)18-7-6-14-25-18;/h6-7,14,16-17H,3-5,8-13,15H2,1-2H3,(H2,20,21,22);1H. The SMILES string of the molecule is CCC(CNC(=NC)NC1CCN(c2cccs2)CC1)N1CCCC1.I. The van der Waals surface area contributed by atoms with E-state index in [1.54, 1.807) is 0 Å². The Balaban J connectivity index is 0.00000243. The second-order valence-electron chi connectivity index (χ2n) is 7.12. The van der Waals surface area contributed by atoms with Gasteiger partial charge in [-0.1, -0.05) is 6.92 Å². The third-order valence-electron chi connectivity index (χ3n) is 5.51. The average molecular weight is 491 g/mol. The molecule has 1 aromatic rings. The van der Waals surface area contributed by atoms with Gasteiger partial charge in [-0.3, -0.25) is 9.89 Å². The lowest BCUT2D eigenvalue weighted by atomic mass is 10.1. The van der Waals surface area contributed by atoms with Crippen LogP contribution < -0.4 is 15.5 Å². The first-order chi connectivity index (χ1) is 12.3. The Morgan fingerprint density at radius 3 is 2.58 bits per heavy atom. The van der Waals surface area contributed by atoms with Crippen LogP contribution in [-0.4, -0.2) is 62.7 Å². The van der Waals surface area contributed by atoms with Gasteiger partial charge in [-0.15, -0.1) is 35.3 Å². The average Bonchev–Trinajstić information content (AvgIpc) is 3.36. The van der Waals surface area contributed by atoms with E-state index in [0.29, 0.717) is 12.1 Å². The summed E-state index contributed by atoms with van der Waals surface area (Å²) in [4.78, 5) is 9.57. The molecule has 148 valence electrons. The van der Waals surface area contributed by atoms with E-state index in [2.05, 4.69) is 49.9 Å². The molecule has 0 spiro atoms. The Morgan fingerprint density at radius 2 is 2.00 bits per heavy atom. The molecule has 26 heavy (non-hydrogen) atoms. The van der Waals surface area contributed by atoms with Crippen molar-refractivity contribution in [2.75, 3.05) is 44.7 Å². The molecule has 2 saturated heterocycles. The molecule has 0 radical (unpaired) electrons. The summed E-state index contributed by atoms with van der Waals surface area (Å²) in [6.45, 7) is 8.05. The molecule has 0 saturated carbocycles. The highest BCUT2D eigenvalue weighted by Gasteiger charge is 2.22. The van der Waals surface area contributed by atoms with Crippen molar-refractivity contribution in [1.29, 1.82) is 0 Å². The fourth-order valence-electron chi connectivity index (χ4n) is 3.93. The lowest BCUT2D eigenvalue weighted by molar-refractivity contribution is 0.236. The Morgan fingerprint density at radius 1 is 1.27 bits per heavy atom. The summed E-state index contributed by atoms with van der Waals surface area (Å²) in [7, 11) is 1.88. The minimum absolute atomic E-state index is 0. The van der Waals surface area contributed by atoms with Crippen molar-refractivity contribution in [2.24, 2.45) is 4.99 Å². The fourth-order valence-corrected chi connectivity index (χ4v) is 4.72. The topological polar surface area (TPSA) is 42.9 Å². The third-order valence-corrected chi connectivity index (χ3v) is 6.44. The van der Waals surface area contributed by atoms with Crippen LogP contribution in [0.25, 0.3) is 0 Å². The van der Waals surface area contributed by atoms with E-state index in [1.807, 2.05) is 18.4 Å². The fraction of sp³-hybridized carbons (Fsp3) is 0.737. The van der Waals surface area contributed by atoms with Crippen LogP contribution in [0.1, 0.15) is 39.0 Å². The molecule has 1 aromatic heterocycles. The predicted molar refractivity (Wildman–Crippen MR) is 124 cm³/mol. The number of thiophene rings is 1. The minimum atomic E-state index is 0. The number of hydrogen-bond donors (Lipinski definition) is 2. The molecular formula is C19H34IN5S. The molecule has 2 aliphatic heterocycles. The summed E-state index contributed by atoms with van der Waals surface area (Å²) in [5.41, 5.74) is 0. The maximum Gasteiger partial charge on any atom is 0.191 e. The molecule has 0 bridgehead atoms. The van der Waals surface area contributed by atoms with Gasteiger partial charge in [0.25, 0.3) is 0 Å². The molecule has 3 rings (SSSR count). The summed E-state index contributed by atoms with van der Waals surface area (Å²) in [5.74, 6) is 0.965. The maximum absolute atomic E-state index is 4.45. The van der Waals surface area contributed by atoms with Gasteiger partial charge >= 0.3 is 0 Å². The smallest absolute Gasteiger partial charge is 0.191 e. The molecular weight excluding hydrogens is 457 g/mol. The van der Waals surface area contributed by atoms with Crippen LogP contribution in [0.5, 0.6) is 0 Å². The number of rotatable bonds is 6. The number of halogens is 1. The van der Waals surface area contributed by atoms with Crippen molar-refractivity contribution in [3.63, 3.8) is 0 Å². The van der Waals surface area contributed by atoms with Gasteiger partial charge in [0.05, 0.1) is 5.00 Å². The molecule has 7 heteroatoms. The first kappa shape index (κ1) is 21.8. The maximum atomic E-state index is 4.45. The van der Waals surface area contributed by atoms with Gasteiger partial charge in [0.1, 0.15) is 0 Å².